The second-order valence-electron chi connectivity index (χ2n) is 6.16. The van der Waals surface area contributed by atoms with Crippen LogP contribution in [0.15, 0.2) is 73.3 Å². The van der Waals surface area contributed by atoms with Gasteiger partial charge in [0, 0.05) is 36.0 Å². The van der Waals surface area contributed by atoms with E-state index in [4.69, 9.17) is 0 Å². The molecule has 0 aliphatic rings. The van der Waals surface area contributed by atoms with E-state index in [0.717, 1.165) is 24.3 Å². The molecule has 134 valence electrons. The molecule has 6 nitrogen and oxygen atoms in total. The van der Waals surface area contributed by atoms with Gasteiger partial charge in [0.1, 0.15) is 5.82 Å². The van der Waals surface area contributed by atoms with Gasteiger partial charge in [-0.05, 0) is 42.3 Å². The fourth-order valence-electron chi connectivity index (χ4n) is 2.94. The van der Waals surface area contributed by atoms with Crippen LogP contribution in [-0.4, -0.2) is 27.4 Å². The molecule has 27 heavy (non-hydrogen) atoms. The normalized spacial score (nSPS) is 10.7. The number of anilines is 2. The minimum atomic E-state index is -0.204. The number of pyridine rings is 2. The van der Waals surface area contributed by atoms with E-state index in [2.05, 4.69) is 43.9 Å². The summed E-state index contributed by atoms with van der Waals surface area (Å²) in [4.78, 5) is 23.7. The Hall–Kier alpha value is -3.67. The van der Waals surface area contributed by atoms with Gasteiger partial charge < -0.3 is 15.6 Å². The van der Waals surface area contributed by atoms with Gasteiger partial charge in [-0.3, -0.25) is 9.78 Å². The monoisotopic (exact) mass is 357 g/mol. The third kappa shape index (κ3) is 3.95. The van der Waals surface area contributed by atoms with Crippen LogP contribution in [0.2, 0.25) is 0 Å². The van der Waals surface area contributed by atoms with E-state index in [1.54, 1.807) is 24.5 Å². The van der Waals surface area contributed by atoms with Gasteiger partial charge in [0.25, 0.3) is 5.91 Å². The lowest BCUT2D eigenvalue weighted by Gasteiger charge is -2.08. The zero-order valence-corrected chi connectivity index (χ0v) is 14.6. The topological polar surface area (TPSA) is 82.7 Å². The van der Waals surface area contributed by atoms with E-state index < -0.39 is 0 Å². The molecule has 4 aromatic rings. The van der Waals surface area contributed by atoms with Crippen molar-refractivity contribution in [3.8, 4) is 0 Å². The lowest BCUT2D eigenvalue weighted by atomic mass is 10.1. The highest BCUT2D eigenvalue weighted by Crippen LogP contribution is 2.18. The number of carbonyl (C=O) groups is 1. The molecule has 0 atom stereocenters. The summed E-state index contributed by atoms with van der Waals surface area (Å²) in [5.74, 6) is 0.569. The average Bonchev–Trinajstić information content (AvgIpc) is 3.13. The smallest absolute Gasteiger partial charge is 0.257 e. The number of nitrogens with zero attached hydrogens (tertiary/aromatic N) is 2. The Morgan fingerprint density at radius 1 is 1.04 bits per heavy atom. The maximum Gasteiger partial charge on any atom is 0.257 e. The van der Waals surface area contributed by atoms with Gasteiger partial charge in [0.2, 0.25) is 0 Å². The molecule has 3 heterocycles. The molecule has 0 bridgehead atoms. The number of aromatic nitrogens is 3. The number of aromatic amines is 1. The Balaban J connectivity index is 1.32. The zero-order chi connectivity index (χ0) is 18.5. The van der Waals surface area contributed by atoms with Crippen molar-refractivity contribution >= 4 is 28.3 Å². The highest BCUT2D eigenvalue weighted by molar-refractivity contribution is 6.03. The van der Waals surface area contributed by atoms with Crippen LogP contribution < -0.4 is 10.6 Å². The quantitative estimate of drug-likeness (QED) is 0.489. The van der Waals surface area contributed by atoms with E-state index >= 15 is 0 Å². The van der Waals surface area contributed by atoms with Crippen molar-refractivity contribution in [1.29, 1.82) is 0 Å². The summed E-state index contributed by atoms with van der Waals surface area (Å²) in [6.07, 6.45) is 7.75. The van der Waals surface area contributed by atoms with Gasteiger partial charge >= 0.3 is 0 Å². The predicted molar refractivity (Wildman–Crippen MR) is 107 cm³/mol. The molecule has 0 aliphatic heterocycles. The molecule has 0 saturated heterocycles. The van der Waals surface area contributed by atoms with Crippen LogP contribution in [-0.2, 0) is 6.42 Å². The van der Waals surface area contributed by atoms with E-state index in [1.165, 1.54) is 17.1 Å². The minimum Gasteiger partial charge on any atom is -0.370 e. The number of rotatable bonds is 6. The fraction of sp³-hybridized carbons (Fsp3) is 0.0952. The summed E-state index contributed by atoms with van der Waals surface area (Å²) in [6.45, 7) is 0.774. The van der Waals surface area contributed by atoms with Crippen molar-refractivity contribution in [2.24, 2.45) is 0 Å². The summed E-state index contributed by atoms with van der Waals surface area (Å²) in [5.41, 5.74) is 3.59. The van der Waals surface area contributed by atoms with Crippen molar-refractivity contribution in [3.05, 3.63) is 84.4 Å². The summed E-state index contributed by atoms with van der Waals surface area (Å²) in [5, 5.41) is 7.37. The summed E-state index contributed by atoms with van der Waals surface area (Å²) in [7, 11) is 0. The summed E-state index contributed by atoms with van der Waals surface area (Å²) < 4.78 is 0. The van der Waals surface area contributed by atoms with E-state index in [1.807, 2.05) is 24.3 Å². The molecular formula is C21H19N5O. The number of amides is 1. The molecule has 0 spiro atoms. The Morgan fingerprint density at radius 2 is 1.96 bits per heavy atom. The van der Waals surface area contributed by atoms with Crippen molar-refractivity contribution in [1.82, 2.24) is 15.0 Å². The van der Waals surface area contributed by atoms with Crippen LogP contribution in [0.1, 0.15) is 15.9 Å². The van der Waals surface area contributed by atoms with E-state index in [9.17, 15) is 4.79 Å². The predicted octanol–water partition coefficient (Wildman–Crippen LogP) is 3.86. The van der Waals surface area contributed by atoms with E-state index in [0.29, 0.717) is 11.3 Å². The molecule has 3 N–H and O–H groups in total. The second-order valence-corrected chi connectivity index (χ2v) is 6.16. The largest absolute Gasteiger partial charge is 0.370 e. The lowest BCUT2D eigenvalue weighted by Crippen LogP contribution is -2.12. The standard InChI is InChI=1S/C21H19N5O/c27-21(16-4-3-10-22-12-16)26-17-7-8-20(25-14-17)23-11-9-15-13-24-19-6-2-1-5-18(15)19/h1-8,10,12-14,24H,9,11H2,(H,23,25)(H,26,27). The lowest BCUT2D eigenvalue weighted by molar-refractivity contribution is 0.102. The van der Waals surface area contributed by atoms with Crippen molar-refractivity contribution in [3.63, 3.8) is 0 Å². The highest BCUT2D eigenvalue weighted by Gasteiger charge is 2.06. The molecule has 1 aromatic carbocycles. The van der Waals surface area contributed by atoms with Crippen molar-refractivity contribution < 1.29 is 4.79 Å². The number of fused-ring (bicyclic) bond motifs is 1. The number of nitrogens with one attached hydrogen (secondary N) is 3. The molecule has 4 rings (SSSR count). The summed E-state index contributed by atoms with van der Waals surface area (Å²) >= 11 is 0. The van der Waals surface area contributed by atoms with Gasteiger partial charge in [0.05, 0.1) is 17.4 Å². The number of benzene rings is 1. The van der Waals surface area contributed by atoms with Gasteiger partial charge in [-0.1, -0.05) is 18.2 Å². The minimum absolute atomic E-state index is 0.204. The van der Waals surface area contributed by atoms with Crippen LogP contribution in [0, 0.1) is 0 Å². The zero-order valence-electron chi connectivity index (χ0n) is 14.6. The third-order valence-corrected chi connectivity index (χ3v) is 4.32. The van der Waals surface area contributed by atoms with Crippen LogP contribution in [0.25, 0.3) is 10.9 Å². The molecule has 1 amide bonds. The van der Waals surface area contributed by atoms with Crippen LogP contribution >= 0.6 is 0 Å². The van der Waals surface area contributed by atoms with Gasteiger partial charge in [0.15, 0.2) is 0 Å². The number of hydrogen-bond acceptors (Lipinski definition) is 4. The molecule has 0 saturated carbocycles. The molecule has 3 aromatic heterocycles. The first-order chi connectivity index (χ1) is 13.3. The summed E-state index contributed by atoms with van der Waals surface area (Å²) in [6, 6.07) is 15.4. The van der Waals surface area contributed by atoms with Crippen LogP contribution in [0.5, 0.6) is 0 Å². The maximum absolute atomic E-state index is 12.1. The van der Waals surface area contributed by atoms with Gasteiger partial charge in [-0.15, -0.1) is 0 Å². The van der Waals surface area contributed by atoms with Gasteiger partial charge in [-0.25, -0.2) is 4.98 Å². The van der Waals surface area contributed by atoms with Crippen molar-refractivity contribution in [2.45, 2.75) is 6.42 Å². The highest BCUT2D eigenvalue weighted by atomic mass is 16.1. The van der Waals surface area contributed by atoms with Gasteiger partial charge in [-0.2, -0.15) is 0 Å². The fourth-order valence-corrected chi connectivity index (χ4v) is 2.94. The molecular weight excluding hydrogens is 338 g/mol. The SMILES string of the molecule is O=C(Nc1ccc(NCCc2c[nH]c3ccccc23)nc1)c1cccnc1. The Labute approximate surface area is 156 Å². The average molecular weight is 357 g/mol. The first kappa shape index (κ1) is 16.8. The number of carbonyl (C=O) groups excluding carboxylic acids is 1. The van der Waals surface area contributed by atoms with E-state index in [-0.39, 0.29) is 5.91 Å². The van der Waals surface area contributed by atoms with Crippen molar-refractivity contribution in [2.75, 3.05) is 17.2 Å². The van der Waals surface area contributed by atoms with Crippen LogP contribution in [0.3, 0.4) is 0 Å². The number of para-hydroxylation sites is 1. The van der Waals surface area contributed by atoms with Crippen LogP contribution in [0.4, 0.5) is 11.5 Å². The number of H-pyrrole nitrogens is 1. The molecule has 0 aliphatic carbocycles. The Kier molecular flexibility index (Phi) is 4.78. The Bertz CT molecular complexity index is 1040. The molecule has 6 heteroatoms. The second kappa shape index (κ2) is 7.70. The first-order valence-electron chi connectivity index (χ1n) is 8.76. The molecule has 0 unspecified atom stereocenters. The first-order valence-corrected chi connectivity index (χ1v) is 8.76. The molecule has 0 fully saturated rings. The number of hydrogen-bond donors (Lipinski definition) is 3. The maximum atomic E-state index is 12.1. The third-order valence-electron chi connectivity index (χ3n) is 4.32. The molecule has 0 radical (unpaired) electrons. The Morgan fingerprint density at radius 3 is 2.78 bits per heavy atom.